The second-order valence-corrected chi connectivity index (χ2v) is 5.37. The van der Waals surface area contributed by atoms with Crippen LogP contribution in [0.1, 0.15) is 6.92 Å². The van der Waals surface area contributed by atoms with Gasteiger partial charge in [-0.2, -0.15) is 0 Å². The minimum atomic E-state index is -3.51. The Kier molecular flexibility index (Phi) is 4.10. The molecule has 4 nitrogen and oxygen atoms in total. The van der Waals surface area contributed by atoms with E-state index in [4.69, 9.17) is 17.3 Å². The predicted octanol–water partition coefficient (Wildman–Crippen LogP) is 0.966. The van der Waals surface area contributed by atoms with E-state index in [9.17, 15) is 8.42 Å². The molecule has 0 fully saturated rings. The number of sulfonamides is 1. The molecule has 0 aliphatic rings. The standard InChI is InChI=1S/C9H13ClN2O2S/c1-7(6-11)12-15(13,14)9-4-2-3-8(10)5-9/h2-5,7,12H,6,11H2,1H3/t7-/m0/s1. The highest BCUT2D eigenvalue weighted by Crippen LogP contribution is 2.15. The fourth-order valence-electron chi connectivity index (χ4n) is 1.02. The van der Waals surface area contributed by atoms with Crippen LogP contribution in [0.3, 0.4) is 0 Å². The van der Waals surface area contributed by atoms with Crippen molar-refractivity contribution in [3.8, 4) is 0 Å². The van der Waals surface area contributed by atoms with Crippen molar-refractivity contribution in [2.45, 2.75) is 17.9 Å². The zero-order chi connectivity index (χ0) is 11.5. The average Bonchev–Trinajstić information content (AvgIpc) is 2.17. The van der Waals surface area contributed by atoms with Crippen molar-refractivity contribution < 1.29 is 8.42 Å². The zero-order valence-corrected chi connectivity index (χ0v) is 9.85. The Morgan fingerprint density at radius 1 is 1.53 bits per heavy atom. The van der Waals surface area contributed by atoms with E-state index in [1.807, 2.05) is 0 Å². The molecule has 3 N–H and O–H groups in total. The van der Waals surface area contributed by atoms with Crippen molar-refractivity contribution in [3.63, 3.8) is 0 Å². The molecule has 0 amide bonds. The van der Waals surface area contributed by atoms with Gasteiger partial charge in [0, 0.05) is 17.6 Å². The van der Waals surface area contributed by atoms with Crippen molar-refractivity contribution in [3.05, 3.63) is 29.3 Å². The molecule has 1 rings (SSSR count). The normalized spacial score (nSPS) is 13.8. The Labute approximate surface area is 94.5 Å². The van der Waals surface area contributed by atoms with Gasteiger partial charge >= 0.3 is 0 Å². The number of rotatable bonds is 4. The highest BCUT2D eigenvalue weighted by Gasteiger charge is 2.16. The van der Waals surface area contributed by atoms with Gasteiger partial charge in [-0.25, -0.2) is 13.1 Å². The fraction of sp³-hybridized carbons (Fsp3) is 0.333. The molecule has 0 unspecified atom stereocenters. The van der Waals surface area contributed by atoms with E-state index in [0.717, 1.165) is 0 Å². The summed E-state index contributed by atoms with van der Waals surface area (Å²) in [6, 6.07) is 5.79. The first kappa shape index (κ1) is 12.4. The van der Waals surface area contributed by atoms with Crippen LogP contribution in [0.15, 0.2) is 29.2 Å². The van der Waals surface area contributed by atoms with E-state index < -0.39 is 10.0 Å². The van der Waals surface area contributed by atoms with Crippen LogP contribution in [0.25, 0.3) is 0 Å². The van der Waals surface area contributed by atoms with Crippen molar-refractivity contribution in [2.75, 3.05) is 6.54 Å². The van der Waals surface area contributed by atoms with Gasteiger partial charge in [-0.15, -0.1) is 0 Å². The molecule has 0 aliphatic heterocycles. The number of nitrogens with two attached hydrogens (primary N) is 1. The van der Waals surface area contributed by atoms with Gasteiger partial charge in [0.15, 0.2) is 0 Å². The molecule has 0 heterocycles. The number of hydrogen-bond donors (Lipinski definition) is 2. The van der Waals surface area contributed by atoms with Gasteiger partial charge in [0.1, 0.15) is 0 Å². The summed E-state index contributed by atoms with van der Waals surface area (Å²) in [6.07, 6.45) is 0. The molecule has 1 aromatic carbocycles. The van der Waals surface area contributed by atoms with Crippen LogP contribution in [0, 0.1) is 0 Å². The maximum absolute atomic E-state index is 11.7. The van der Waals surface area contributed by atoms with Crippen LogP contribution < -0.4 is 10.5 Å². The lowest BCUT2D eigenvalue weighted by Crippen LogP contribution is -2.37. The molecule has 0 aromatic heterocycles. The molecule has 0 radical (unpaired) electrons. The predicted molar refractivity (Wildman–Crippen MR) is 60.3 cm³/mol. The number of halogens is 1. The van der Waals surface area contributed by atoms with Crippen molar-refractivity contribution >= 4 is 21.6 Å². The van der Waals surface area contributed by atoms with Crippen LogP contribution >= 0.6 is 11.6 Å². The van der Waals surface area contributed by atoms with Crippen LogP contribution in [0.4, 0.5) is 0 Å². The van der Waals surface area contributed by atoms with Gasteiger partial charge in [0.25, 0.3) is 0 Å². The summed E-state index contributed by atoms with van der Waals surface area (Å²) in [6.45, 7) is 1.95. The molecule has 1 aromatic rings. The van der Waals surface area contributed by atoms with E-state index in [1.165, 1.54) is 12.1 Å². The van der Waals surface area contributed by atoms with Crippen LogP contribution in [-0.2, 0) is 10.0 Å². The first-order valence-corrected chi connectivity index (χ1v) is 6.30. The Morgan fingerprint density at radius 2 is 2.20 bits per heavy atom. The first-order valence-electron chi connectivity index (χ1n) is 4.43. The number of benzene rings is 1. The van der Waals surface area contributed by atoms with Crippen molar-refractivity contribution in [2.24, 2.45) is 5.73 Å². The molecule has 1 atom stereocenters. The highest BCUT2D eigenvalue weighted by molar-refractivity contribution is 7.89. The fourth-order valence-corrected chi connectivity index (χ4v) is 2.57. The SMILES string of the molecule is C[C@@H](CN)NS(=O)(=O)c1cccc(Cl)c1. The zero-order valence-electron chi connectivity index (χ0n) is 8.27. The van der Waals surface area contributed by atoms with Gasteiger partial charge in [-0.3, -0.25) is 0 Å². The largest absolute Gasteiger partial charge is 0.329 e. The second kappa shape index (κ2) is 4.94. The minimum absolute atomic E-state index is 0.148. The van der Waals surface area contributed by atoms with E-state index in [0.29, 0.717) is 5.02 Å². The Balaban J connectivity index is 2.96. The van der Waals surface area contributed by atoms with Gasteiger partial charge in [-0.1, -0.05) is 17.7 Å². The third-order valence-electron chi connectivity index (χ3n) is 1.82. The molecule has 0 saturated heterocycles. The Bertz CT molecular complexity index is 433. The van der Waals surface area contributed by atoms with Gasteiger partial charge < -0.3 is 5.73 Å². The second-order valence-electron chi connectivity index (χ2n) is 3.22. The van der Waals surface area contributed by atoms with Gasteiger partial charge in [0.05, 0.1) is 4.90 Å². The molecule has 6 heteroatoms. The van der Waals surface area contributed by atoms with Crippen molar-refractivity contribution in [1.82, 2.24) is 4.72 Å². The Morgan fingerprint density at radius 3 is 2.73 bits per heavy atom. The third-order valence-corrected chi connectivity index (χ3v) is 3.64. The highest BCUT2D eigenvalue weighted by atomic mass is 35.5. The monoisotopic (exact) mass is 248 g/mol. The first-order chi connectivity index (χ1) is 6.95. The third kappa shape index (κ3) is 3.46. The lowest BCUT2D eigenvalue weighted by atomic mass is 10.4. The summed E-state index contributed by atoms with van der Waals surface area (Å²) in [5.74, 6) is 0. The summed E-state index contributed by atoms with van der Waals surface area (Å²) in [5, 5.41) is 0.387. The molecule has 0 saturated carbocycles. The van der Waals surface area contributed by atoms with Crippen molar-refractivity contribution in [1.29, 1.82) is 0 Å². The number of hydrogen-bond acceptors (Lipinski definition) is 3. The molecule has 0 bridgehead atoms. The summed E-state index contributed by atoms with van der Waals surface area (Å²) < 4.78 is 25.9. The molecule has 84 valence electrons. The van der Waals surface area contributed by atoms with Crippen LogP contribution in [-0.4, -0.2) is 21.0 Å². The molecule has 0 aliphatic carbocycles. The smallest absolute Gasteiger partial charge is 0.240 e. The maximum atomic E-state index is 11.7. The summed E-state index contributed by atoms with van der Waals surface area (Å²) >= 11 is 5.70. The van der Waals surface area contributed by atoms with E-state index in [1.54, 1.807) is 19.1 Å². The lowest BCUT2D eigenvalue weighted by Gasteiger charge is -2.11. The topological polar surface area (TPSA) is 72.2 Å². The van der Waals surface area contributed by atoms with Gasteiger partial charge in [0.2, 0.25) is 10.0 Å². The van der Waals surface area contributed by atoms with Crippen LogP contribution in [0.2, 0.25) is 5.02 Å². The minimum Gasteiger partial charge on any atom is -0.329 e. The van der Waals surface area contributed by atoms with Gasteiger partial charge in [-0.05, 0) is 25.1 Å². The summed E-state index contributed by atoms with van der Waals surface area (Å²) in [4.78, 5) is 0.148. The van der Waals surface area contributed by atoms with E-state index >= 15 is 0 Å². The lowest BCUT2D eigenvalue weighted by molar-refractivity contribution is 0.562. The molecule has 0 spiro atoms. The molecular weight excluding hydrogens is 236 g/mol. The summed E-state index contributed by atoms with van der Waals surface area (Å²) in [7, 11) is -3.51. The Hall–Kier alpha value is -0.620. The van der Waals surface area contributed by atoms with Crippen LogP contribution in [0.5, 0.6) is 0 Å². The summed E-state index contributed by atoms with van der Waals surface area (Å²) in [5.41, 5.74) is 5.33. The molecule has 15 heavy (non-hydrogen) atoms. The maximum Gasteiger partial charge on any atom is 0.240 e. The molecular formula is C9H13ClN2O2S. The van der Waals surface area contributed by atoms with E-state index in [-0.39, 0.29) is 17.5 Å². The number of nitrogens with one attached hydrogen (secondary N) is 1. The average molecular weight is 249 g/mol. The van der Waals surface area contributed by atoms with E-state index in [2.05, 4.69) is 4.72 Å². The quantitative estimate of drug-likeness (QED) is 0.834.